The fraction of sp³-hybridized carbons (Fsp3) is 0.677. The lowest BCUT2D eigenvalue weighted by atomic mass is 10.0. The molecule has 1 rings (SSSR count). The number of rotatable bonds is 16. The van der Waals surface area contributed by atoms with Crippen molar-refractivity contribution >= 4 is 24.1 Å². The molecule has 41 heavy (non-hydrogen) atoms. The van der Waals surface area contributed by atoms with Crippen LogP contribution in [0.4, 0.5) is 4.79 Å². The van der Waals surface area contributed by atoms with Gasteiger partial charge in [0, 0.05) is 12.8 Å². The quantitative estimate of drug-likeness (QED) is 0.190. The van der Waals surface area contributed by atoms with Gasteiger partial charge < -0.3 is 29.4 Å². The van der Waals surface area contributed by atoms with Crippen molar-refractivity contribution in [1.29, 1.82) is 0 Å². The largest absolute Gasteiger partial charge is 0.508 e. The zero-order chi connectivity index (χ0) is 31.3. The molecule has 0 fully saturated rings. The lowest BCUT2D eigenvalue weighted by molar-refractivity contribution is -0.156. The van der Waals surface area contributed by atoms with Gasteiger partial charge in [-0.1, -0.05) is 60.5 Å². The average molecular weight is 580 g/mol. The Morgan fingerprint density at radius 3 is 1.71 bits per heavy atom. The summed E-state index contributed by atoms with van der Waals surface area (Å²) >= 11 is 0. The molecule has 0 saturated carbocycles. The number of carbonyl (C=O) groups excluding carboxylic acids is 4. The second kappa shape index (κ2) is 17.6. The Hall–Kier alpha value is -3.14. The van der Waals surface area contributed by atoms with E-state index in [2.05, 4.69) is 0 Å². The highest BCUT2D eigenvalue weighted by Crippen LogP contribution is 2.31. The molecule has 6 atom stereocenters. The van der Waals surface area contributed by atoms with Crippen LogP contribution >= 0.6 is 0 Å². The molecule has 4 unspecified atom stereocenters. The lowest BCUT2D eigenvalue weighted by Gasteiger charge is -2.23. The summed E-state index contributed by atoms with van der Waals surface area (Å²) in [6, 6.07) is 3.65. The minimum atomic E-state index is -1.06. The first-order chi connectivity index (χ1) is 19.2. The molecule has 10 nitrogen and oxygen atoms in total. The predicted molar refractivity (Wildman–Crippen MR) is 154 cm³/mol. The highest BCUT2D eigenvalue weighted by atomic mass is 16.7. The highest BCUT2D eigenvalue weighted by Gasteiger charge is 2.26. The number of esters is 3. The smallest absolute Gasteiger partial charge is 0.458 e. The SMILES string of the molecule is CCC(C)CC(=O)Oc1ccc(C[C@H](N)C(=O)O[C@@H](C)C(C)OC(=O)OC(C)C(C)C)cc1OC(=O)CC(C)CC. The number of hydrogen-bond acceptors (Lipinski definition) is 10. The molecule has 0 heterocycles. The van der Waals surface area contributed by atoms with Crippen LogP contribution in [0.2, 0.25) is 0 Å². The Kier molecular flexibility index (Phi) is 15.4. The minimum absolute atomic E-state index is 0.0613. The van der Waals surface area contributed by atoms with E-state index in [0.717, 1.165) is 12.8 Å². The van der Waals surface area contributed by atoms with Gasteiger partial charge in [-0.2, -0.15) is 0 Å². The van der Waals surface area contributed by atoms with Crippen LogP contribution in [-0.2, 0) is 35.0 Å². The number of nitrogens with two attached hydrogens (primary N) is 1. The van der Waals surface area contributed by atoms with E-state index in [1.807, 2.05) is 41.5 Å². The van der Waals surface area contributed by atoms with Crippen molar-refractivity contribution in [1.82, 2.24) is 0 Å². The molecule has 0 radical (unpaired) electrons. The van der Waals surface area contributed by atoms with Crippen LogP contribution < -0.4 is 15.2 Å². The molecule has 0 aliphatic carbocycles. The van der Waals surface area contributed by atoms with Gasteiger partial charge in [-0.3, -0.25) is 14.4 Å². The molecule has 0 spiro atoms. The Morgan fingerprint density at radius 2 is 1.20 bits per heavy atom. The van der Waals surface area contributed by atoms with E-state index in [-0.39, 0.29) is 54.6 Å². The normalized spacial score (nSPS) is 15.6. The zero-order valence-electron chi connectivity index (χ0n) is 26.1. The molecule has 0 bridgehead atoms. The van der Waals surface area contributed by atoms with E-state index < -0.39 is 42.3 Å². The van der Waals surface area contributed by atoms with Crippen molar-refractivity contribution in [3.8, 4) is 11.5 Å². The summed E-state index contributed by atoms with van der Waals surface area (Å²) in [7, 11) is 0. The molecule has 0 saturated heterocycles. The number of hydrogen-bond donors (Lipinski definition) is 1. The van der Waals surface area contributed by atoms with Gasteiger partial charge in [-0.15, -0.1) is 0 Å². The van der Waals surface area contributed by atoms with Crippen molar-refractivity contribution in [2.75, 3.05) is 0 Å². The summed E-state index contributed by atoms with van der Waals surface area (Å²) in [5.74, 6) is -0.987. The fourth-order valence-electron chi connectivity index (χ4n) is 3.30. The summed E-state index contributed by atoms with van der Waals surface area (Å²) in [4.78, 5) is 49.7. The summed E-state index contributed by atoms with van der Waals surface area (Å²) in [5.41, 5.74) is 6.70. The van der Waals surface area contributed by atoms with Crippen molar-refractivity contribution < 1.29 is 42.9 Å². The third-order valence-corrected chi connectivity index (χ3v) is 7.10. The van der Waals surface area contributed by atoms with Gasteiger partial charge in [0.15, 0.2) is 11.5 Å². The summed E-state index contributed by atoms with van der Waals surface area (Å²) < 4.78 is 26.9. The third-order valence-electron chi connectivity index (χ3n) is 7.10. The van der Waals surface area contributed by atoms with Gasteiger partial charge in [-0.25, -0.2) is 4.79 Å². The summed E-state index contributed by atoms with van der Waals surface area (Å²) in [6.45, 7) is 16.6. The van der Waals surface area contributed by atoms with Crippen LogP contribution in [0.25, 0.3) is 0 Å². The van der Waals surface area contributed by atoms with Gasteiger partial charge in [0.25, 0.3) is 0 Å². The Labute approximate surface area is 244 Å². The first kappa shape index (κ1) is 35.9. The number of benzene rings is 1. The van der Waals surface area contributed by atoms with Crippen LogP contribution in [-0.4, -0.2) is 48.4 Å². The van der Waals surface area contributed by atoms with E-state index >= 15 is 0 Å². The van der Waals surface area contributed by atoms with E-state index in [1.54, 1.807) is 26.8 Å². The Morgan fingerprint density at radius 1 is 0.707 bits per heavy atom. The molecule has 0 aromatic heterocycles. The summed E-state index contributed by atoms with van der Waals surface area (Å²) in [5, 5.41) is 0. The van der Waals surface area contributed by atoms with Crippen LogP contribution in [0, 0.1) is 17.8 Å². The maximum Gasteiger partial charge on any atom is 0.508 e. The number of carbonyl (C=O) groups is 4. The summed E-state index contributed by atoms with van der Waals surface area (Å²) in [6.07, 6.45) is -0.586. The van der Waals surface area contributed by atoms with E-state index in [1.165, 1.54) is 12.1 Å². The maximum atomic E-state index is 12.7. The molecular formula is C31H49NO9. The Balaban J connectivity index is 2.92. The average Bonchev–Trinajstić information content (AvgIpc) is 2.89. The standard InChI is InChI=1S/C31H49NO9/c1-10-19(5)14-28(33)40-26-13-12-24(17-27(26)41-29(34)15-20(6)11-2)16-25(32)30(35)37-22(8)23(9)39-31(36)38-21(7)18(3)4/h12-13,17-23,25H,10-11,14-16,32H2,1-9H3/t19?,20?,21?,22-,23?,25-/m0/s1. The Bertz CT molecular complexity index is 1010. The van der Waals surface area contributed by atoms with Crippen LogP contribution in [0.3, 0.4) is 0 Å². The van der Waals surface area contributed by atoms with E-state index in [9.17, 15) is 19.2 Å². The molecular weight excluding hydrogens is 530 g/mol. The van der Waals surface area contributed by atoms with Gasteiger partial charge in [0.05, 0.1) is 0 Å². The van der Waals surface area contributed by atoms with Crippen LogP contribution in [0.1, 0.15) is 93.6 Å². The van der Waals surface area contributed by atoms with E-state index in [0.29, 0.717) is 5.56 Å². The van der Waals surface area contributed by atoms with Gasteiger partial charge in [0.1, 0.15) is 24.4 Å². The topological polar surface area (TPSA) is 140 Å². The fourth-order valence-corrected chi connectivity index (χ4v) is 3.30. The molecule has 1 aromatic carbocycles. The molecule has 1 aromatic rings. The number of ether oxygens (including phenoxy) is 5. The minimum Gasteiger partial charge on any atom is -0.458 e. The second-order valence-electron chi connectivity index (χ2n) is 11.3. The van der Waals surface area contributed by atoms with Crippen LogP contribution in [0.15, 0.2) is 18.2 Å². The molecule has 232 valence electrons. The van der Waals surface area contributed by atoms with Crippen molar-refractivity contribution in [3.63, 3.8) is 0 Å². The molecule has 0 amide bonds. The highest BCUT2D eigenvalue weighted by molar-refractivity contribution is 5.77. The molecule has 10 heteroatoms. The predicted octanol–water partition coefficient (Wildman–Crippen LogP) is 5.76. The van der Waals surface area contributed by atoms with E-state index in [4.69, 9.17) is 29.4 Å². The van der Waals surface area contributed by atoms with Gasteiger partial charge >= 0.3 is 24.1 Å². The molecule has 0 aliphatic rings. The second-order valence-corrected chi connectivity index (χ2v) is 11.3. The van der Waals surface area contributed by atoms with Gasteiger partial charge in [-0.05, 0) is 62.6 Å². The maximum absolute atomic E-state index is 12.7. The first-order valence-corrected chi connectivity index (χ1v) is 14.5. The zero-order valence-corrected chi connectivity index (χ0v) is 26.1. The van der Waals surface area contributed by atoms with Crippen molar-refractivity contribution in [2.45, 2.75) is 119 Å². The lowest BCUT2D eigenvalue weighted by Crippen LogP contribution is -2.39. The van der Waals surface area contributed by atoms with Crippen LogP contribution in [0.5, 0.6) is 11.5 Å². The van der Waals surface area contributed by atoms with Crippen molar-refractivity contribution in [3.05, 3.63) is 23.8 Å². The van der Waals surface area contributed by atoms with Crippen molar-refractivity contribution in [2.24, 2.45) is 23.5 Å². The first-order valence-electron chi connectivity index (χ1n) is 14.5. The van der Waals surface area contributed by atoms with Gasteiger partial charge in [0.2, 0.25) is 0 Å². The molecule has 0 aliphatic heterocycles. The third kappa shape index (κ3) is 13.4. The molecule has 2 N–H and O–H groups in total. The monoisotopic (exact) mass is 579 g/mol.